The lowest BCUT2D eigenvalue weighted by Crippen LogP contribution is -2.52. The molecule has 2 rings (SSSR count). The number of rotatable bonds is 9. The highest BCUT2D eigenvalue weighted by molar-refractivity contribution is 6.33. The number of ether oxygens (including phenoxy) is 1. The Morgan fingerprint density at radius 1 is 1.15 bits per heavy atom. The molecule has 1 aliphatic rings. The molecule has 0 saturated carbocycles. The van der Waals surface area contributed by atoms with Gasteiger partial charge < -0.3 is 15.4 Å². The van der Waals surface area contributed by atoms with E-state index in [0.29, 0.717) is 23.0 Å². The van der Waals surface area contributed by atoms with Gasteiger partial charge in [-0.3, -0.25) is 14.5 Å². The zero-order valence-corrected chi connectivity index (χ0v) is 16.9. The van der Waals surface area contributed by atoms with E-state index in [-0.39, 0.29) is 24.4 Å². The molecule has 1 aromatic carbocycles. The van der Waals surface area contributed by atoms with E-state index < -0.39 is 0 Å². The Labute approximate surface area is 166 Å². The molecule has 27 heavy (non-hydrogen) atoms. The highest BCUT2D eigenvalue weighted by atomic mass is 35.5. The maximum Gasteiger partial charge on any atom is 0.253 e. The summed E-state index contributed by atoms with van der Waals surface area (Å²) in [5, 5.41) is 5.98. The molecular weight excluding hydrogens is 366 g/mol. The van der Waals surface area contributed by atoms with Crippen LogP contribution in [0.3, 0.4) is 0 Å². The third-order valence-corrected chi connectivity index (χ3v) is 5.47. The van der Waals surface area contributed by atoms with Crippen molar-refractivity contribution in [3.8, 4) is 0 Å². The van der Waals surface area contributed by atoms with Gasteiger partial charge in [-0.2, -0.15) is 0 Å². The van der Waals surface area contributed by atoms with Gasteiger partial charge in [-0.1, -0.05) is 50.4 Å². The van der Waals surface area contributed by atoms with Crippen LogP contribution in [0.25, 0.3) is 0 Å². The molecule has 1 saturated heterocycles. The SMILES string of the molecule is CCC(CC)C(CNC(=O)CNC(=O)c1ccccc1Cl)N1CCOCC1. The van der Waals surface area contributed by atoms with Gasteiger partial charge in [0.25, 0.3) is 5.91 Å². The van der Waals surface area contributed by atoms with Crippen LogP contribution in [0.15, 0.2) is 24.3 Å². The fourth-order valence-electron chi connectivity index (χ4n) is 3.52. The third-order valence-electron chi connectivity index (χ3n) is 5.14. The van der Waals surface area contributed by atoms with Crippen molar-refractivity contribution >= 4 is 23.4 Å². The van der Waals surface area contributed by atoms with Crippen molar-refractivity contribution in [3.05, 3.63) is 34.9 Å². The van der Waals surface area contributed by atoms with E-state index in [1.807, 2.05) is 0 Å². The molecule has 1 unspecified atom stereocenters. The molecule has 150 valence electrons. The highest BCUT2D eigenvalue weighted by Gasteiger charge is 2.27. The van der Waals surface area contributed by atoms with Crippen molar-refractivity contribution in [2.45, 2.75) is 32.7 Å². The van der Waals surface area contributed by atoms with Gasteiger partial charge in [0.05, 0.1) is 30.3 Å². The van der Waals surface area contributed by atoms with Gasteiger partial charge in [0, 0.05) is 25.7 Å². The molecule has 1 aromatic rings. The minimum atomic E-state index is -0.347. The van der Waals surface area contributed by atoms with Crippen molar-refractivity contribution in [1.29, 1.82) is 0 Å². The summed E-state index contributed by atoms with van der Waals surface area (Å²) >= 11 is 6.01. The van der Waals surface area contributed by atoms with Crippen LogP contribution in [-0.2, 0) is 9.53 Å². The second-order valence-electron chi connectivity index (χ2n) is 6.76. The maximum absolute atomic E-state index is 12.2. The average molecular weight is 396 g/mol. The molecule has 2 N–H and O–H groups in total. The molecule has 1 atom stereocenters. The van der Waals surface area contributed by atoms with Crippen molar-refractivity contribution in [1.82, 2.24) is 15.5 Å². The second kappa shape index (κ2) is 11.3. The molecule has 0 radical (unpaired) electrons. The number of halogens is 1. The van der Waals surface area contributed by atoms with Crippen LogP contribution in [0.1, 0.15) is 37.0 Å². The van der Waals surface area contributed by atoms with E-state index in [9.17, 15) is 9.59 Å². The van der Waals surface area contributed by atoms with Gasteiger partial charge in [0.2, 0.25) is 5.91 Å². The van der Waals surface area contributed by atoms with E-state index >= 15 is 0 Å². The van der Waals surface area contributed by atoms with Crippen LogP contribution in [0, 0.1) is 5.92 Å². The summed E-state index contributed by atoms with van der Waals surface area (Å²) in [5.74, 6) is -0.0267. The van der Waals surface area contributed by atoms with Crippen LogP contribution < -0.4 is 10.6 Å². The zero-order valence-electron chi connectivity index (χ0n) is 16.2. The molecule has 0 aromatic heterocycles. The van der Waals surface area contributed by atoms with Gasteiger partial charge in [-0.25, -0.2) is 0 Å². The van der Waals surface area contributed by atoms with Crippen molar-refractivity contribution < 1.29 is 14.3 Å². The van der Waals surface area contributed by atoms with Gasteiger partial charge >= 0.3 is 0 Å². The number of nitrogens with zero attached hydrogens (tertiary/aromatic N) is 1. The molecule has 1 heterocycles. The molecule has 6 nitrogen and oxygen atoms in total. The second-order valence-corrected chi connectivity index (χ2v) is 7.17. The predicted octanol–water partition coefficient (Wildman–Crippen LogP) is 2.32. The lowest BCUT2D eigenvalue weighted by Gasteiger charge is -2.38. The predicted molar refractivity (Wildman–Crippen MR) is 107 cm³/mol. The number of carbonyl (C=O) groups excluding carboxylic acids is 2. The van der Waals surface area contributed by atoms with Crippen molar-refractivity contribution in [2.24, 2.45) is 5.92 Å². The molecule has 1 aliphatic heterocycles. The zero-order chi connectivity index (χ0) is 19.6. The number of morpholine rings is 1. The summed E-state index contributed by atoms with van der Waals surface area (Å²) in [5.41, 5.74) is 0.371. The number of benzene rings is 1. The van der Waals surface area contributed by atoms with E-state index in [1.165, 1.54) is 0 Å². The Bertz CT molecular complexity index is 616. The number of hydrogen-bond donors (Lipinski definition) is 2. The summed E-state index contributed by atoms with van der Waals surface area (Å²) in [4.78, 5) is 26.8. The molecule has 1 fully saturated rings. The number of carbonyl (C=O) groups is 2. The quantitative estimate of drug-likeness (QED) is 0.673. The normalized spacial score (nSPS) is 16.1. The van der Waals surface area contributed by atoms with Gasteiger partial charge in [0.15, 0.2) is 0 Å². The summed E-state index contributed by atoms with van der Waals surface area (Å²) < 4.78 is 5.45. The fraction of sp³-hybridized carbons (Fsp3) is 0.600. The van der Waals surface area contributed by atoms with Crippen LogP contribution in [0.5, 0.6) is 0 Å². The Kier molecular flexibility index (Phi) is 9.04. The summed E-state index contributed by atoms with van der Waals surface area (Å²) in [7, 11) is 0. The van der Waals surface area contributed by atoms with Crippen LogP contribution in [0.4, 0.5) is 0 Å². The minimum Gasteiger partial charge on any atom is -0.379 e. The van der Waals surface area contributed by atoms with Crippen LogP contribution in [-0.4, -0.2) is 62.1 Å². The van der Waals surface area contributed by atoms with Gasteiger partial charge in [0.1, 0.15) is 0 Å². The summed E-state index contributed by atoms with van der Waals surface area (Å²) in [6.45, 7) is 8.13. The Balaban J connectivity index is 1.85. The lowest BCUT2D eigenvalue weighted by atomic mass is 9.92. The monoisotopic (exact) mass is 395 g/mol. The van der Waals surface area contributed by atoms with E-state index in [0.717, 1.165) is 39.1 Å². The summed E-state index contributed by atoms with van der Waals surface area (Å²) in [6.07, 6.45) is 2.13. The smallest absolute Gasteiger partial charge is 0.253 e. The first-order chi connectivity index (χ1) is 13.1. The molecular formula is C20H30ClN3O3. The largest absolute Gasteiger partial charge is 0.379 e. The number of hydrogen-bond acceptors (Lipinski definition) is 4. The molecule has 0 bridgehead atoms. The molecule has 0 aliphatic carbocycles. The van der Waals surface area contributed by atoms with E-state index in [1.54, 1.807) is 24.3 Å². The van der Waals surface area contributed by atoms with E-state index in [2.05, 4.69) is 29.4 Å². The number of nitrogens with one attached hydrogen (secondary N) is 2. The standard InChI is InChI=1S/C20H30ClN3O3/c1-3-15(4-2)18(24-9-11-27-12-10-24)13-22-19(25)14-23-20(26)16-7-5-6-8-17(16)21/h5-8,15,18H,3-4,9-14H2,1-2H3,(H,22,25)(H,23,26). The average Bonchev–Trinajstić information content (AvgIpc) is 2.70. The topological polar surface area (TPSA) is 70.7 Å². The van der Waals surface area contributed by atoms with E-state index in [4.69, 9.17) is 16.3 Å². The Hall–Kier alpha value is -1.63. The van der Waals surface area contributed by atoms with Gasteiger partial charge in [-0.05, 0) is 18.1 Å². The Morgan fingerprint density at radius 2 is 1.81 bits per heavy atom. The lowest BCUT2D eigenvalue weighted by molar-refractivity contribution is -0.120. The van der Waals surface area contributed by atoms with Crippen molar-refractivity contribution in [2.75, 3.05) is 39.4 Å². The maximum atomic E-state index is 12.2. The fourth-order valence-corrected chi connectivity index (χ4v) is 3.74. The first-order valence-electron chi connectivity index (χ1n) is 9.68. The first kappa shape index (κ1) is 21.7. The molecule has 2 amide bonds. The first-order valence-corrected chi connectivity index (χ1v) is 10.1. The van der Waals surface area contributed by atoms with Crippen LogP contribution in [0.2, 0.25) is 5.02 Å². The highest BCUT2D eigenvalue weighted by Crippen LogP contribution is 2.19. The molecule has 7 heteroatoms. The van der Waals surface area contributed by atoms with Crippen LogP contribution >= 0.6 is 11.6 Å². The molecule has 0 spiro atoms. The van der Waals surface area contributed by atoms with Crippen molar-refractivity contribution in [3.63, 3.8) is 0 Å². The minimum absolute atomic E-state index is 0.0667. The number of amides is 2. The van der Waals surface area contributed by atoms with Gasteiger partial charge in [-0.15, -0.1) is 0 Å². The Morgan fingerprint density at radius 3 is 2.44 bits per heavy atom. The third kappa shape index (κ3) is 6.48. The summed E-state index contributed by atoms with van der Waals surface area (Å²) in [6, 6.07) is 7.07.